The standard InChI is InChI=1S/C26H36N4O4S/c1-4-24(26(32)27-22-15-11-12-16-22)29(19-21-13-7-5-8-14-21)25(31)20-30(35(33,34)28(2)3)23-17-9-6-10-18-23/h5-10,13-14,17-18,22,24H,4,11-12,15-16,19-20H2,1-3H3,(H,27,32)/t24-/m1/s1. The quantitative estimate of drug-likeness (QED) is 0.513. The molecule has 0 unspecified atom stereocenters. The smallest absolute Gasteiger partial charge is 0.304 e. The van der Waals surface area contributed by atoms with Crippen molar-refractivity contribution < 1.29 is 18.0 Å². The monoisotopic (exact) mass is 500 g/mol. The van der Waals surface area contributed by atoms with E-state index in [0.717, 1.165) is 39.9 Å². The molecule has 0 saturated heterocycles. The van der Waals surface area contributed by atoms with Crippen LogP contribution in [0.15, 0.2) is 60.7 Å². The Morgan fingerprint density at radius 3 is 2.09 bits per heavy atom. The van der Waals surface area contributed by atoms with Crippen LogP contribution in [0.25, 0.3) is 0 Å². The van der Waals surface area contributed by atoms with Crippen LogP contribution in [-0.4, -0.2) is 62.2 Å². The Morgan fingerprint density at radius 1 is 0.971 bits per heavy atom. The van der Waals surface area contributed by atoms with Gasteiger partial charge in [0.1, 0.15) is 12.6 Å². The lowest BCUT2D eigenvalue weighted by Crippen LogP contribution is -2.54. The van der Waals surface area contributed by atoms with Crippen molar-refractivity contribution in [2.24, 2.45) is 0 Å². The van der Waals surface area contributed by atoms with Crippen molar-refractivity contribution in [1.82, 2.24) is 14.5 Å². The summed E-state index contributed by atoms with van der Waals surface area (Å²) in [7, 11) is -1.08. The average Bonchev–Trinajstić information content (AvgIpc) is 3.36. The highest BCUT2D eigenvalue weighted by Gasteiger charge is 2.34. The number of hydrogen-bond acceptors (Lipinski definition) is 4. The van der Waals surface area contributed by atoms with Crippen molar-refractivity contribution in [3.8, 4) is 0 Å². The Kier molecular flexibility index (Phi) is 9.28. The molecule has 3 rings (SSSR count). The molecule has 2 aromatic carbocycles. The summed E-state index contributed by atoms with van der Waals surface area (Å²) < 4.78 is 28.5. The number of carbonyl (C=O) groups is 2. The van der Waals surface area contributed by atoms with E-state index in [1.165, 1.54) is 19.0 Å². The van der Waals surface area contributed by atoms with Crippen LogP contribution in [0.1, 0.15) is 44.6 Å². The molecule has 2 amide bonds. The van der Waals surface area contributed by atoms with Crippen LogP contribution in [0, 0.1) is 0 Å². The predicted octanol–water partition coefficient (Wildman–Crippen LogP) is 3.17. The highest BCUT2D eigenvalue weighted by molar-refractivity contribution is 7.90. The van der Waals surface area contributed by atoms with Gasteiger partial charge in [-0.2, -0.15) is 12.7 Å². The van der Waals surface area contributed by atoms with Crippen LogP contribution in [0.2, 0.25) is 0 Å². The molecule has 1 saturated carbocycles. The lowest BCUT2D eigenvalue weighted by atomic mass is 10.1. The molecule has 0 aromatic heterocycles. The second kappa shape index (κ2) is 12.2. The van der Waals surface area contributed by atoms with Gasteiger partial charge in [-0.15, -0.1) is 0 Å². The second-order valence-corrected chi connectivity index (χ2v) is 11.1. The lowest BCUT2D eigenvalue weighted by molar-refractivity contribution is -0.140. The Hall–Kier alpha value is -2.91. The average molecular weight is 501 g/mol. The molecule has 0 aliphatic heterocycles. The molecule has 35 heavy (non-hydrogen) atoms. The SMILES string of the molecule is CC[C@H](C(=O)NC1CCCC1)N(Cc1ccccc1)C(=O)CN(c1ccccc1)S(=O)(=O)N(C)C. The third-order valence-corrected chi connectivity index (χ3v) is 8.17. The molecular formula is C26H36N4O4S. The van der Waals surface area contributed by atoms with Crippen molar-refractivity contribution in [2.45, 2.75) is 57.7 Å². The molecule has 1 aliphatic carbocycles. The van der Waals surface area contributed by atoms with Crippen LogP contribution < -0.4 is 9.62 Å². The fraction of sp³-hybridized carbons (Fsp3) is 0.462. The zero-order valence-corrected chi connectivity index (χ0v) is 21.6. The van der Waals surface area contributed by atoms with Crippen molar-refractivity contribution in [1.29, 1.82) is 0 Å². The Balaban J connectivity index is 1.92. The predicted molar refractivity (Wildman–Crippen MR) is 138 cm³/mol. The number of amides is 2. The minimum Gasteiger partial charge on any atom is -0.352 e. The van der Waals surface area contributed by atoms with Crippen molar-refractivity contribution in [2.75, 3.05) is 24.9 Å². The molecule has 8 nitrogen and oxygen atoms in total. The zero-order valence-electron chi connectivity index (χ0n) is 20.8. The van der Waals surface area contributed by atoms with E-state index in [-0.39, 0.29) is 18.5 Å². The number of nitrogens with zero attached hydrogens (tertiary/aromatic N) is 3. The molecule has 0 radical (unpaired) electrons. The largest absolute Gasteiger partial charge is 0.352 e. The van der Waals surface area contributed by atoms with E-state index in [4.69, 9.17) is 0 Å². The van der Waals surface area contributed by atoms with Gasteiger partial charge in [0.25, 0.3) is 0 Å². The normalized spacial score (nSPS) is 15.1. The zero-order chi connectivity index (χ0) is 25.4. The summed E-state index contributed by atoms with van der Waals surface area (Å²) in [5, 5.41) is 3.11. The van der Waals surface area contributed by atoms with Crippen LogP contribution in [-0.2, 0) is 26.3 Å². The molecule has 1 N–H and O–H groups in total. The molecule has 1 atom stereocenters. The van der Waals surface area contributed by atoms with Crippen LogP contribution in [0.5, 0.6) is 0 Å². The summed E-state index contributed by atoms with van der Waals surface area (Å²) in [5.41, 5.74) is 1.26. The van der Waals surface area contributed by atoms with Gasteiger partial charge in [0.05, 0.1) is 5.69 Å². The highest BCUT2D eigenvalue weighted by Crippen LogP contribution is 2.22. The number of carbonyl (C=O) groups excluding carboxylic acids is 2. The van der Waals surface area contributed by atoms with E-state index in [9.17, 15) is 18.0 Å². The molecule has 0 bridgehead atoms. The van der Waals surface area contributed by atoms with Gasteiger partial charge >= 0.3 is 10.2 Å². The third-order valence-electron chi connectivity index (χ3n) is 6.35. The summed E-state index contributed by atoms with van der Waals surface area (Å²) >= 11 is 0. The second-order valence-electron chi connectivity index (χ2n) is 9.05. The number of benzene rings is 2. The Bertz CT molecular complexity index is 1070. The minimum absolute atomic E-state index is 0.125. The van der Waals surface area contributed by atoms with Gasteiger partial charge in [-0.25, -0.2) is 4.31 Å². The van der Waals surface area contributed by atoms with E-state index in [0.29, 0.717) is 12.1 Å². The maximum absolute atomic E-state index is 13.8. The number of rotatable bonds is 11. The topological polar surface area (TPSA) is 90.0 Å². The van der Waals surface area contributed by atoms with E-state index in [1.807, 2.05) is 37.3 Å². The first kappa shape index (κ1) is 26.7. The fourth-order valence-electron chi connectivity index (χ4n) is 4.38. The van der Waals surface area contributed by atoms with E-state index in [1.54, 1.807) is 30.3 Å². The Morgan fingerprint density at radius 2 is 1.54 bits per heavy atom. The fourth-order valence-corrected chi connectivity index (χ4v) is 5.43. The molecule has 0 spiro atoms. The molecule has 0 heterocycles. The first-order chi connectivity index (χ1) is 16.7. The molecule has 2 aromatic rings. The summed E-state index contributed by atoms with van der Waals surface area (Å²) in [5.74, 6) is -0.623. The van der Waals surface area contributed by atoms with E-state index in [2.05, 4.69) is 5.32 Å². The molecule has 1 aliphatic rings. The molecule has 1 fully saturated rings. The van der Waals surface area contributed by atoms with Gasteiger partial charge in [0.15, 0.2) is 0 Å². The number of anilines is 1. The van der Waals surface area contributed by atoms with Crippen LogP contribution in [0.4, 0.5) is 5.69 Å². The summed E-state index contributed by atoms with van der Waals surface area (Å²) in [6.45, 7) is 1.67. The van der Waals surface area contributed by atoms with Crippen LogP contribution in [0.3, 0.4) is 0 Å². The third kappa shape index (κ3) is 6.82. The summed E-state index contributed by atoms with van der Waals surface area (Å²) in [4.78, 5) is 28.6. The maximum Gasteiger partial charge on any atom is 0.304 e. The number of hydrogen-bond donors (Lipinski definition) is 1. The molecule has 9 heteroatoms. The minimum atomic E-state index is -3.95. The van der Waals surface area contributed by atoms with Crippen molar-refractivity contribution in [3.63, 3.8) is 0 Å². The number of nitrogens with one attached hydrogen (secondary N) is 1. The van der Waals surface area contributed by atoms with Gasteiger partial charge in [-0.05, 0) is 37.0 Å². The van der Waals surface area contributed by atoms with Crippen LogP contribution >= 0.6 is 0 Å². The van der Waals surface area contributed by atoms with E-state index < -0.39 is 28.7 Å². The van der Waals surface area contributed by atoms with Gasteiger partial charge in [-0.1, -0.05) is 68.3 Å². The highest BCUT2D eigenvalue weighted by atomic mass is 32.2. The number of para-hydroxylation sites is 1. The van der Waals surface area contributed by atoms with Gasteiger partial charge in [0.2, 0.25) is 11.8 Å². The van der Waals surface area contributed by atoms with Gasteiger partial charge in [0, 0.05) is 26.7 Å². The first-order valence-corrected chi connectivity index (χ1v) is 13.5. The lowest BCUT2D eigenvalue weighted by Gasteiger charge is -2.34. The Labute approximate surface area is 209 Å². The summed E-state index contributed by atoms with van der Waals surface area (Å²) in [6, 6.07) is 17.4. The van der Waals surface area contributed by atoms with Crippen molar-refractivity contribution >= 4 is 27.7 Å². The van der Waals surface area contributed by atoms with Gasteiger partial charge in [-0.3, -0.25) is 9.59 Å². The molecular weight excluding hydrogens is 464 g/mol. The first-order valence-electron chi connectivity index (χ1n) is 12.1. The molecule has 190 valence electrons. The van der Waals surface area contributed by atoms with Crippen molar-refractivity contribution in [3.05, 3.63) is 66.2 Å². The van der Waals surface area contributed by atoms with Gasteiger partial charge < -0.3 is 10.2 Å². The maximum atomic E-state index is 13.8. The summed E-state index contributed by atoms with van der Waals surface area (Å²) in [6.07, 6.45) is 4.48. The van der Waals surface area contributed by atoms with E-state index >= 15 is 0 Å².